The molecule has 1 N–H and O–H groups in total. The van der Waals surface area contributed by atoms with Gasteiger partial charge in [0.15, 0.2) is 0 Å². The van der Waals surface area contributed by atoms with Gasteiger partial charge in [0.2, 0.25) is 15.0 Å². The topological polar surface area (TPSA) is 114 Å². The minimum Gasteiger partial charge on any atom is -0.281 e. The van der Waals surface area contributed by atoms with E-state index in [1.54, 1.807) is 0 Å². The van der Waals surface area contributed by atoms with Crippen molar-refractivity contribution in [1.82, 2.24) is 9.97 Å². The number of thiophene rings is 1. The Morgan fingerprint density at radius 2 is 1.84 bits per heavy atom. The first-order valence-corrected chi connectivity index (χ1v) is 8.93. The largest absolute Gasteiger partial charge is 0.304 e. The van der Waals surface area contributed by atoms with Gasteiger partial charge in [0, 0.05) is 12.5 Å². The third-order valence-electron chi connectivity index (χ3n) is 2.05. The van der Waals surface area contributed by atoms with Crippen LogP contribution in [0.3, 0.4) is 0 Å². The summed E-state index contributed by atoms with van der Waals surface area (Å²) in [6, 6.07) is 4.11. The molecule has 19 heavy (non-hydrogen) atoms. The summed E-state index contributed by atoms with van der Waals surface area (Å²) in [4.78, 5) is 7.89. The van der Waals surface area contributed by atoms with E-state index in [2.05, 4.69) is 9.97 Å². The van der Waals surface area contributed by atoms with E-state index in [-0.39, 0.29) is 15.1 Å². The zero-order chi connectivity index (χ0) is 14.3. The second kappa shape index (κ2) is 4.63. The highest BCUT2D eigenvalue weighted by Gasteiger charge is 2.16. The lowest BCUT2D eigenvalue weighted by molar-refractivity contribution is 0.485. The van der Waals surface area contributed by atoms with Gasteiger partial charge in [0.25, 0.3) is 0 Å². The summed E-state index contributed by atoms with van der Waals surface area (Å²) >= 11 is 0.789. The zero-order valence-electron chi connectivity index (χ0n) is 9.51. The van der Waals surface area contributed by atoms with Crippen LogP contribution in [0.25, 0.3) is 10.6 Å². The highest BCUT2D eigenvalue weighted by atomic mass is 32.3. The van der Waals surface area contributed by atoms with Crippen molar-refractivity contribution < 1.29 is 21.4 Å². The molecular formula is C9H8N2O5S3. The monoisotopic (exact) mass is 320 g/mol. The van der Waals surface area contributed by atoms with Crippen LogP contribution in [-0.2, 0) is 20.0 Å². The van der Waals surface area contributed by atoms with Crippen LogP contribution in [0.1, 0.15) is 0 Å². The highest BCUT2D eigenvalue weighted by molar-refractivity contribution is 7.90. The Labute approximate surface area is 113 Å². The van der Waals surface area contributed by atoms with Gasteiger partial charge in [-0.05, 0) is 18.2 Å². The zero-order valence-corrected chi connectivity index (χ0v) is 12.0. The van der Waals surface area contributed by atoms with Crippen molar-refractivity contribution in [2.75, 3.05) is 6.26 Å². The number of aromatic nitrogens is 2. The molecule has 0 aliphatic heterocycles. The lowest BCUT2D eigenvalue weighted by Gasteiger charge is -1.99. The maximum absolute atomic E-state index is 11.3. The lowest BCUT2D eigenvalue weighted by Crippen LogP contribution is -2.03. The standard InChI is InChI=1S/C9H8N2O5S3/c1-18(12,13)9-10-5-4-6(11-9)7-2-3-8(17-7)19(14,15)16/h2-5H,1H3,(H,14,15,16). The molecular weight excluding hydrogens is 312 g/mol. The summed E-state index contributed by atoms with van der Waals surface area (Å²) < 4.78 is 53.2. The molecule has 102 valence electrons. The summed E-state index contributed by atoms with van der Waals surface area (Å²) in [5.74, 6) is 0. The number of nitrogens with zero attached hydrogens (tertiary/aromatic N) is 2. The van der Waals surface area contributed by atoms with E-state index >= 15 is 0 Å². The van der Waals surface area contributed by atoms with Crippen LogP contribution >= 0.6 is 11.3 Å². The highest BCUT2D eigenvalue weighted by Crippen LogP contribution is 2.29. The second-order valence-electron chi connectivity index (χ2n) is 3.59. The molecule has 0 saturated carbocycles. The molecule has 2 heterocycles. The molecule has 0 radical (unpaired) electrons. The lowest BCUT2D eigenvalue weighted by atomic mass is 10.3. The van der Waals surface area contributed by atoms with Crippen molar-refractivity contribution in [3.05, 3.63) is 24.4 Å². The predicted molar refractivity (Wildman–Crippen MR) is 68.3 cm³/mol. The molecule has 0 saturated heterocycles. The molecule has 0 aliphatic rings. The molecule has 0 unspecified atom stereocenters. The summed E-state index contributed by atoms with van der Waals surface area (Å²) in [6.45, 7) is 0. The smallest absolute Gasteiger partial charge is 0.281 e. The van der Waals surface area contributed by atoms with Gasteiger partial charge in [-0.25, -0.2) is 18.4 Å². The molecule has 7 nitrogen and oxygen atoms in total. The van der Waals surface area contributed by atoms with Crippen molar-refractivity contribution in [3.8, 4) is 10.6 Å². The summed E-state index contributed by atoms with van der Waals surface area (Å²) in [5.41, 5.74) is 0.273. The van der Waals surface area contributed by atoms with Gasteiger partial charge in [-0.1, -0.05) is 0 Å². The van der Waals surface area contributed by atoms with Crippen molar-refractivity contribution >= 4 is 31.3 Å². The molecule has 0 fully saturated rings. The maximum atomic E-state index is 11.3. The van der Waals surface area contributed by atoms with Crippen LogP contribution < -0.4 is 0 Å². The van der Waals surface area contributed by atoms with Gasteiger partial charge < -0.3 is 0 Å². The van der Waals surface area contributed by atoms with Crippen molar-refractivity contribution in [3.63, 3.8) is 0 Å². The number of rotatable bonds is 3. The second-order valence-corrected chi connectivity index (χ2v) is 8.23. The molecule has 0 aromatic carbocycles. The SMILES string of the molecule is CS(=O)(=O)c1nccc(-c2ccc(S(=O)(=O)O)s2)n1. The van der Waals surface area contributed by atoms with Gasteiger partial charge in [-0.2, -0.15) is 8.42 Å². The van der Waals surface area contributed by atoms with Crippen LogP contribution in [0.15, 0.2) is 33.8 Å². The molecule has 0 bridgehead atoms. The van der Waals surface area contributed by atoms with E-state index < -0.39 is 20.0 Å². The Morgan fingerprint density at radius 3 is 2.37 bits per heavy atom. The Bertz CT molecular complexity index is 823. The van der Waals surface area contributed by atoms with Crippen LogP contribution in [0.4, 0.5) is 0 Å². The first-order valence-electron chi connectivity index (χ1n) is 4.79. The summed E-state index contributed by atoms with van der Waals surface area (Å²) in [7, 11) is -7.81. The normalized spacial score (nSPS) is 12.5. The van der Waals surface area contributed by atoms with Crippen LogP contribution in [-0.4, -0.2) is 37.6 Å². The Hall–Kier alpha value is -1.36. The molecule has 10 heteroatoms. The van der Waals surface area contributed by atoms with Gasteiger partial charge in [0.1, 0.15) is 4.21 Å². The van der Waals surface area contributed by atoms with Crippen LogP contribution in [0.5, 0.6) is 0 Å². The van der Waals surface area contributed by atoms with Gasteiger partial charge >= 0.3 is 10.1 Å². The predicted octanol–water partition coefficient (Wildman–Crippen LogP) is 0.855. The average molecular weight is 320 g/mol. The molecule has 2 aromatic rings. The third kappa shape index (κ3) is 3.15. The van der Waals surface area contributed by atoms with E-state index in [0.717, 1.165) is 17.6 Å². The van der Waals surface area contributed by atoms with Crippen molar-refractivity contribution in [2.45, 2.75) is 9.37 Å². The maximum Gasteiger partial charge on any atom is 0.304 e. The van der Waals surface area contributed by atoms with Gasteiger partial charge in [-0.3, -0.25) is 4.55 Å². The van der Waals surface area contributed by atoms with Gasteiger partial charge in [-0.15, -0.1) is 11.3 Å². The number of sulfone groups is 1. The van der Waals surface area contributed by atoms with E-state index in [0.29, 0.717) is 4.88 Å². The summed E-state index contributed by atoms with van der Waals surface area (Å²) in [5, 5.41) is -0.341. The average Bonchev–Trinajstić information content (AvgIpc) is 2.77. The first kappa shape index (κ1) is 14.1. The molecule has 0 atom stereocenters. The third-order valence-corrected chi connectivity index (χ3v) is 5.34. The van der Waals surface area contributed by atoms with E-state index in [1.807, 2.05) is 0 Å². The Balaban J connectivity index is 2.52. The molecule has 2 rings (SSSR count). The summed E-state index contributed by atoms with van der Waals surface area (Å²) in [6.07, 6.45) is 2.25. The fourth-order valence-electron chi connectivity index (χ4n) is 1.25. The van der Waals surface area contributed by atoms with Crippen LogP contribution in [0.2, 0.25) is 0 Å². The molecule has 0 aliphatic carbocycles. The minimum atomic E-state index is -4.27. The molecule has 0 spiro atoms. The minimum absolute atomic E-state index is 0.234. The number of hydrogen-bond acceptors (Lipinski definition) is 7. The molecule has 2 aromatic heterocycles. The fraction of sp³-hybridized carbons (Fsp3) is 0.111. The van der Waals surface area contributed by atoms with Gasteiger partial charge in [0.05, 0.1) is 10.6 Å². The van der Waals surface area contributed by atoms with E-state index in [9.17, 15) is 16.8 Å². The van der Waals surface area contributed by atoms with E-state index in [4.69, 9.17) is 4.55 Å². The first-order chi connectivity index (χ1) is 8.68. The van der Waals surface area contributed by atoms with Crippen molar-refractivity contribution in [2.24, 2.45) is 0 Å². The fourth-order valence-corrected chi connectivity index (χ4v) is 3.41. The van der Waals surface area contributed by atoms with Crippen molar-refractivity contribution in [1.29, 1.82) is 0 Å². The van der Waals surface area contributed by atoms with E-state index in [1.165, 1.54) is 24.4 Å². The van der Waals surface area contributed by atoms with Crippen LogP contribution in [0, 0.1) is 0 Å². The Kier molecular flexibility index (Phi) is 3.43. The molecule has 0 amide bonds. The number of hydrogen-bond donors (Lipinski definition) is 1. The quantitative estimate of drug-likeness (QED) is 0.658. The Morgan fingerprint density at radius 1 is 1.16 bits per heavy atom.